The third-order valence-electron chi connectivity index (χ3n) is 4.28. The van der Waals surface area contributed by atoms with Gasteiger partial charge in [0, 0.05) is 11.1 Å². The molecule has 140 valence electrons. The Bertz CT molecular complexity index is 892. The molecule has 1 N–H and O–H groups in total. The monoisotopic (exact) mass is 366 g/mol. The van der Waals surface area contributed by atoms with E-state index < -0.39 is 0 Å². The first-order valence-corrected chi connectivity index (χ1v) is 8.55. The topological polar surface area (TPSA) is 78.3 Å². The van der Waals surface area contributed by atoms with Gasteiger partial charge in [0.2, 0.25) is 0 Å². The highest BCUT2D eigenvalue weighted by Crippen LogP contribution is 2.29. The van der Waals surface area contributed by atoms with Crippen LogP contribution in [0.5, 0.6) is 11.5 Å². The molecule has 0 aliphatic rings. The molecule has 1 aromatic heterocycles. The molecule has 1 heterocycles. The Labute approximate surface area is 158 Å². The van der Waals surface area contributed by atoms with Crippen molar-refractivity contribution in [2.75, 3.05) is 14.2 Å². The van der Waals surface area contributed by atoms with Crippen LogP contribution in [0.3, 0.4) is 0 Å². The smallest absolute Gasteiger partial charge is 0.251 e. The zero-order chi connectivity index (χ0) is 19.2. The predicted octanol–water partition coefficient (Wildman–Crippen LogP) is 2.83. The lowest BCUT2D eigenvalue weighted by Crippen LogP contribution is -2.27. The number of rotatable bonds is 7. The van der Waals surface area contributed by atoms with Gasteiger partial charge >= 0.3 is 0 Å². The van der Waals surface area contributed by atoms with Crippen LogP contribution in [0, 0.1) is 0 Å². The summed E-state index contributed by atoms with van der Waals surface area (Å²) in [6, 6.07) is 12.7. The molecule has 0 aliphatic heterocycles. The van der Waals surface area contributed by atoms with E-state index >= 15 is 0 Å². The summed E-state index contributed by atoms with van der Waals surface area (Å²) in [6.07, 6.45) is 3.15. The summed E-state index contributed by atoms with van der Waals surface area (Å²) in [6.45, 7) is 2.52. The highest BCUT2D eigenvalue weighted by Gasteiger charge is 2.16. The van der Waals surface area contributed by atoms with E-state index in [9.17, 15) is 4.79 Å². The largest absolute Gasteiger partial charge is 0.497 e. The number of carbonyl (C=O) groups excluding carboxylic acids is 1. The third kappa shape index (κ3) is 4.44. The van der Waals surface area contributed by atoms with Crippen molar-refractivity contribution >= 4 is 5.91 Å². The Morgan fingerprint density at radius 1 is 1.15 bits per heavy atom. The zero-order valence-corrected chi connectivity index (χ0v) is 15.5. The molecule has 0 saturated heterocycles. The van der Waals surface area contributed by atoms with Crippen LogP contribution >= 0.6 is 0 Å². The fourth-order valence-corrected chi connectivity index (χ4v) is 2.80. The zero-order valence-electron chi connectivity index (χ0n) is 15.5. The average molecular weight is 366 g/mol. The number of carbonyl (C=O) groups is 1. The number of methoxy groups -OCH3 is 2. The van der Waals surface area contributed by atoms with Gasteiger partial charge in [-0.15, -0.1) is 0 Å². The molecule has 7 heteroatoms. The molecule has 3 aromatic rings. The van der Waals surface area contributed by atoms with E-state index in [1.54, 1.807) is 37.4 Å². The molecule has 0 unspecified atom stereocenters. The lowest BCUT2D eigenvalue weighted by Gasteiger charge is -2.18. The van der Waals surface area contributed by atoms with Crippen molar-refractivity contribution in [3.8, 4) is 11.5 Å². The molecule has 3 rings (SSSR count). The number of amides is 1. The molecule has 0 saturated carbocycles. The van der Waals surface area contributed by atoms with Gasteiger partial charge < -0.3 is 14.8 Å². The van der Waals surface area contributed by atoms with Crippen molar-refractivity contribution < 1.29 is 14.3 Å². The van der Waals surface area contributed by atoms with Crippen molar-refractivity contribution in [1.82, 2.24) is 20.1 Å². The summed E-state index contributed by atoms with van der Waals surface area (Å²) in [5.41, 5.74) is 2.48. The normalized spacial score (nSPS) is 11.7. The fourth-order valence-electron chi connectivity index (χ4n) is 2.80. The van der Waals surface area contributed by atoms with Gasteiger partial charge in [-0.25, -0.2) is 9.67 Å². The van der Waals surface area contributed by atoms with E-state index in [1.807, 2.05) is 37.3 Å². The minimum absolute atomic E-state index is 0.153. The molecule has 27 heavy (non-hydrogen) atoms. The third-order valence-corrected chi connectivity index (χ3v) is 4.28. The first kappa shape index (κ1) is 18.4. The van der Waals surface area contributed by atoms with Crippen LogP contribution in [-0.4, -0.2) is 34.9 Å². The van der Waals surface area contributed by atoms with E-state index in [0.29, 0.717) is 23.6 Å². The summed E-state index contributed by atoms with van der Waals surface area (Å²) in [4.78, 5) is 16.5. The van der Waals surface area contributed by atoms with Crippen molar-refractivity contribution in [2.45, 2.75) is 19.5 Å². The highest BCUT2D eigenvalue weighted by molar-refractivity contribution is 5.94. The standard InChI is InChI=1S/C20H22N4O3/c1-14(18-10-17(26-2)8-9-19(18)27-3)23-20(25)16-6-4-15(5-7-16)11-24-13-21-12-22-24/h4-10,12-14H,11H2,1-3H3,(H,23,25)/t14-/m0/s1. The molecule has 0 spiro atoms. The van der Waals surface area contributed by atoms with Crippen molar-refractivity contribution in [1.29, 1.82) is 0 Å². The first-order chi connectivity index (χ1) is 13.1. The summed E-state index contributed by atoms with van der Waals surface area (Å²) < 4.78 is 12.4. The van der Waals surface area contributed by atoms with Gasteiger partial charge in [0.1, 0.15) is 24.2 Å². The molecule has 2 aromatic carbocycles. The van der Waals surface area contributed by atoms with E-state index in [1.165, 1.54) is 6.33 Å². The van der Waals surface area contributed by atoms with Gasteiger partial charge in [0.05, 0.1) is 26.8 Å². The maximum absolute atomic E-state index is 12.6. The van der Waals surface area contributed by atoms with Crippen molar-refractivity contribution in [3.63, 3.8) is 0 Å². The second-order valence-corrected chi connectivity index (χ2v) is 6.09. The molecule has 0 radical (unpaired) electrons. The van der Waals surface area contributed by atoms with Crippen molar-refractivity contribution in [3.05, 3.63) is 71.8 Å². The maximum Gasteiger partial charge on any atom is 0.251 e. The highest BCUT2D eigenvalue weighted by atomic mass is 16.5. The average Bonchev–Trinajstić information content (AvgIpc) is 3.21. The molecule has 7 nitrogen and oxygen atoms in total. The van der Waals surface area contributed by atoms with E-state index in [0.717, 1.165) is 11.1 Å². The van der Waals surface area contributed by atoms with Crippen LogP contribution in [0.4, 0.5) is 0 Å². The number of ether oxygens (including phenoxy) is 2. The molecular formula is C20H22N4O3. The summed E-state index contributed by atoms with van der Waals surface area (Å²) in [5, 5.41) is 7.08. The number of hydrogen-bond donors (Lipinski definition) is 1. The molecule has 1 atom stereocenters. The lowest BCUT2D eigenvalue weighted by atomic mass is 10.1. The Hall–Kier alpha value is -3.35. The van der Waals surface area contributed by atoms with Crippen molar-refractivity contribution in [2.24, 2.45) is 0 Å². The lowest BCUT2D eigenvalue weighted by molar-refractivity contribution is 0.0939. The van der Waals surface area contributed by atoms with Gasteiger partial charge in [-0.05, 0) is 42.8 Å². The summed E-state index contributed by atoms with van der Waals surface area (Å²) >= 11 is 0. The summed E-state index contributed by atoms with van der Waals surface area (Å²) in [5.74, 6) is 1.26. The number of nitrogens with zero attached hydrogens (tertiary/aromatic N) is 3. The number of hydrogen-bond acceptors (Lipinski definition) is 5. The van der Waals surface area contributed by atoms with Crippen LogP contribution in [0.2, 0.25) is 0 Å². The van der Waals surface area contributed by atoms with Crippen LogP contribution in [0.25, 0.3) is 0 Å². The Morgan fingerprint density at radius 2 is 1.93 bits per heavy atom. The first-order valence-electron chi connectivity index (χ1n) is 8.55. The molecular weight excluding hydrogens is 344 g/mol. The fraction of sp³-hybridized carbons (Fsp3) is 0.250. The predicted molar refractivity (Wildman–Crippen MR) is 101 cm³/mol. The minimum atomic E-state index is -0.239. The SMILES string of the molecule is COc1ccc(OC)c([C@H](C)NC(=O)c2ccc(Cn3cncn3)cc2)c1. The van der Waals surface area contributed by atoms with Gasteiger partial charge in [0.15, 0.2) is 0 Å². The van der Waals surface area contributed by atoms with Gasteiger partial charge in [-0.1, -0.05) is 12.1 Å². The Balaban J connectivity index is 1.69. The van der Waals surface area contributed by atoms with E-state index in [2.05, 4.69) is 15.4 Å². The second-order valence-electron chi connectivity index (χ2n) is 6.09. The maximum atomic E-state index is 12.6. The quantitative estimate of drug-likeness (QED) is 0.696. The molecule has 1 amide bonds. The van der Waals surface area contributed by atoms with E-state index in [-0.39, 0.29) is 11.9 Å². The summed E-state index contributed by atoms with van der Waals surface area (Å²) in [7, 11) is 3.21. The van der Waals surface area contributed by atoms with Crippen LogP contribution in [-0.2, 0) is 6.54 Å². The Kier molecular flexibility index (Phi) is 5.71. The molecule has 0 fully saturated rings. The minimum Gasteiger partial charge on any atom is -0.497 e. The van der Waals surface area contributed by atoms with Gasteiger partial charge in [0.25, 0.3) is 5.91 Å². The molecule has 0 bridgehead atoms. The van der Waals surface area contributed by atoms with Gasteiger partial charge in [-0.3, -0.25) is 4.79 Å². The van der Waals surface area contributed by atoms with Gasteiger partial charge in [-0.2, -0.15) is 5.10 Å². The molecule has 0 aliphatic carbocycles. The number of benzene rings is 2. The van der Waals surface area contributed by atoms with Crippen LogP contribution < -0.4 is 14.8 Å². The Morgan fingerprint density at radius 3 is 2.56 bits per heavy atom. The van der Waals surface area contributed by atoms with E-state index in [4.69, 9.17) is 9.47 Å². The van der Waals surface area contributed by atoms with Crippen LogP contribution in [0.1, 0.15) is 34.5 Å². The second kappa shape index (κ2) is 8.35. The van der Waals surface area contributed by atoms with Crippen LogP contribution in [0.15, 0.2) is 55.1 Å². The number of nitrogens with one attached hydrogen (secondary N) is 1. The number of aromatic nitrogens is 3.